The van der Waals surface area contributed by atoms with Crippen molar-refractivity contribution in [1.29, 1.82) is 0 Å². The maximum atomic E-state index is 11.6. The first-order valence-electron chi connectivity index (χ1n) is 5.62. The lowest BCUT2D eigenvalue weighted by Crippen LogP contribution is -2.52. The molecule has 0 aromatic carbocycles. The van der Waals surface area contributed by atoms with Crippen molar-refractivity contribution in [2.75, 3.05) is 0 Å². The first-order valence-corrected chi connectivity index (χ1v) is 7.10. The van der Waals surface area contributed by atoms with Gasteiger partial charge in [-0.1, -0.05) is 12.8 Å². The van der Waals surface area contributed by atoms with E-state index in [1.165, 1.54) is 0 Å². The van der Waals surface area contributed by atoms with E-state index in [1.54, 1.807) is 0 Å². The van der Waals surface area contributed by atoms with E-state index in [0.717, 1.165) is 38.5 Å². The van der Waals surface area contributed by atoms with Gasteiger partial charge in [0.1, 0.15) is 0 Å². The van der Waals surface area contributed by atoms with E-state index in [1.807, 2.05) is 0 Å². The number of hydrogen-bond acceptors (Lipinski definition) is 3. The van der Waals surface area contributed by atoms with Crippen molar-refractivity contribution >= 4 is 10.2 Å². The van der Waals surface area contributed by atoms with E-state index in [-0.39, 0.29) is 18.1 Å². The summed E-state index contributed by atoms with van der Waals surface area (Å²) in [6.45, 7) is 0. The molecule has 0 spiro atoms. The quantitative estimate of drug-likeness (QED) is 0.631. The van der Waals surface area contributed by atoms with Crippen molar-refractivity contribution in [2.24, 2.45) is 5.73 Å². The summed E-state index contributed by atoms with van der Waals surface area (Å²) in [5.74, 6) is 0. The minimum atomic E-state index is -3.33. The predicted molar refractivity (Wildman–Crippen MR) is 58.4 cm³/mol. The number of nitrogens with two attached hydrogens (primary N) is 1. The van der Waals surface area contributed by atoms with Crippen LogP contribution in [-0.4, -0.2) is 26.5 Å². The van der Waals surface area contributed by atoms with Gasteiger partial charge in [-0.2, -0.15) is 17.9 Å². The molecule has 0 aromatic heterocycles. The third kappa shape index (κ3) is 3.41. The Labute approximate surface area is 91.0 Å². The molecule has 2 aliphatic rings. The highest BCUT2D eigenvalue weighted by Crippen LogP contribution is 2.21. The van der Waals surface area contributed by atoms with Crippen molar-refractivity contribution in [1.82, 2.24) is 9.44 Å². The zero-order chi connectivity index (χ0) is 10.9. The highest BCUT2D eigenvalue weighted by molar-refractivity contribution is 7.87. The monoisotopic (exact) mass is 233 g/mol. The Morgan fingerprint density at radius 2 is 1.67 bits per heavy atom. The van der Waals surface area contributed by atoms with Crippen molar-refractivity contribution in [3.05, 3.63) is 0 Å². The number of nitrogens with one attached hydrogen (secondary N) is 2. The van der Waals surface area contributed by atoms with Crippen LogP contribution in [0.2, 0.25) is 0 Å². The minimum absolute atomic E-state index is 0.0328. The summed E-state index contributed by atoms with van der Waals surface area (Å²) in [5.41, 5.74) is 5.88. The molecular weight excluding hydrogens is 214 g/mol. The van der Waals surface area contributed by atoms with Gasteiger partial charge in [0.2, 0.25) is 0 Å². The molecule has 0 aromatic rings. The van der Waals surface area contributed by atoms with Crippen LogP contribution in [0.1, 0.15) is 38.5 Å². The fraction of sp³-hybridized carbons (Fsp3) is 1.00. The smallest absolute Gasteiger partial charge is 0.277 e. The Bertz CT molecular complexity index is 313. The molecule has 2 aliphatic carbocycles. The van der Waals surface area contributed by atoms with Crippen molar-refractivity contribution in [3.63, 3.8) is 0 Å². The summed E-state index contributed by atoms with van der Waals surface area (Å²) in [7, 11) is -3.33. The molecule has 2 atom stereocenters. The van der Waals surface area contributed by atoms with E-state index >= 15 is 0 Å². The standard InChI is InChI=1S/C9H19N3O2S/c10-8-3-1-2-4-9(8)12-15(13,14)11-7-5-6-7/h7-9,11-12H,1-6,10H2/t8-,9-/m1/s1. The van der Waals surface area contributed by atoms with Gasteiger partial charge in [0.25, 0.3) is 10.2 Å². The van der Waals surface area contributed by atoms with Crippen LogP contribution in [0, 0.1) is 0 Å². The molecule has 0 saturated heterocycles. The van der Waals surface area contributed by atoms with Crippen LogP contribution in [0.15, 0.2) is 0 Å². The van der Waals surface area contributed by atoms with Gasteiger partial charge < -0.3 is 5.73 Å². The van der Waals surface area contributed by atoms with E-state index in [0.29, 0.717) is 0 Å². The van der Waals surface area contributed by atoms with Crippen molar-refractivity contribution in [3.8, 4) is 0 Å². The van der Waals surface area contributed by atoms with Gasteiger partial charge in [0, 0.05) is 18.1 Å². The molecular formula is C9H19N3O2S. The predicted octanol–water partition coefficient (Wildman–Crippen LogP) is -0.157. The Balaban J connectivity index is 1.88. The van der Waals surface area contributed by atoms with Gasteiger partial charge in [-0.25, -0.2) is 0 Å². The maximum absolute atomic E-state index is 11.6. The maximum Gasteiger partial charge on any atom is 0.277 e. The molecule has 2 rings (SSSR count). The molecule has 0 heterocycles. The highest BCUT2D eigenvalue weighted by Gasteiger charge is 2.30. The molecule has 15 heavy (non-hydrogen) atoms. The summed E-state index contributed by atoms with van der Waals surface area (Å²) >= 11 is 0. The Morgan fingerprint density at radius 3 is 2.27 bits per heavy atom. The number of rotatable bonds is 4. The van der Waals surface area contributed by atoms with Gasteiger partial charge in [-0.05, 0) is 25.7 Å². The van der Waals surface area contributed by atoms with Gasteiger partial charge in [0.15, 0.2) is 0 Å². The molecule has 0 amide bonds. The van der Waals surface area contributed by atoms with Gasteiger partial charge in [-0.3, -0.25) is 0 Å². The molecule has 6 heteroatoms. The molecule has 5 nitrogen and oxygen atoms in total. The molecule has 0 bridgehead atoms. The summed E-state index contributed by atoms with van der Waals surface area (Å²) in [6, 6.07) is 0.0341. The Morgan fingerprint density at radius 1 is 1.00 bits per heavy atom. The fourth-order valence-corrected chi connectivity index (χ4v) is 3.39. The molecule has 0 radical (unpaired) electrons. The molecule has 2 fully saturated rings. The Kier molecular flexibility index (Phi) is 3.30. The summed E-state index contributed by atoms with van der Waals surface area (Å²) in [6.07, 6.45) is 5.85. The normalized spacial score (nSPS) is 32.9. The van der Waals surface area contributed by atoms with Crippen LogP contribution < -0.4 is 15.2 Å². The average molecular weight is 233 g/mol. The largest absolute Gasteiger partial charge is 0.326 e. The summed E-state index contributed by atoms with van der Waals surface area (Å²) in [5, 5.41) is 0. The zero-order valence-electron chi connectivity index (χ0n) is 8.78. The highest BCUT2D eigenvalue weighted by atomic mass is 32.2. The van der Waals surface area contributed by atoms with Gasteiger partial charge in [-0.15, -0.1) is 0 Å². The lowest BCUT2D eigenvalue weighted by Gasteiger charge is -2.28. The second-order valence-corrected chi connectivity index (χ2v) is 6.05. The lowest BCUT2D eigenvalue weighted by atomic mass is 9.92. The molecule has 0 aliphatic heterocycles. The van der Waals surface area contributed by atoms with Crippen LogP contribution >= 0.6 is 0 Å². The van der Waals surface area contributed by atoms with Crippen LogP contribution in [-0.2, 0) is 10.2 Å². The third-order valence-corrected chi connectivity index (χ3v) is 4.28. The Hall–Kier alpha value is -0.170. The number of hydrogen-bond donors (Lipinski definition) is 3. The van der Waals surface area contributed by atoms with E-state index < -0.39 is 10.2 Å². The van der Waals surface area contributed by atoms with E-state index in [9.17, 15) is 8.42 Å². The summed E-state index contributed by atoms with van der Waals surface area (Å²) in [4.78, 5) is 0. The average Bonchev–Trinajstić information content (AvgIpc) is 2.91. The van der Waals surface area contributed by atoms with Crippen molar-refractivity contribution < 1.29 is 8.42 Å². The topological polar surface area (TPSA) is 84.2 Å². The molecule has 0 unspecified atom stereocenters. The molecule has 4 N–H and O–H groups in total. The van der Waals surface area contributed by atoms with Crippen LogP contribution in [0.25, 0.3) is 0 Å². The van der Waals surface area contributed by atoms with Crippen LogP contribution in [0.4, 0.5) is 0 Å². The fourth-order valence-electron chi connectivity index (χ4n) is 1.96. The second kappa shape index (κ2) is 4.37. The van der Waals surface area contributed by atoms with Crippen molar-refractivity contribution in [2.45, 2.75) is 56.7 Å². The third-order valence-electron chi connectivity index (χ3n) is 3.03. The van der Waals surface area contributed by atoms with Gasteiger partial charge in [0.05, 0.1) is 0 Å². The molecule has 88 valence electrons. The van der Waals surface area contributed by atoms with Crippen LogP contribution in [0.5, 0.6) is 0 Å². The molecule has 2 saturated carbocycles. The summed E-state index contributed by atoms with van der Waals surface area (Å²) < 4.78 is 28.5. The zero-order valence-corrected chi connectivity index (χ0v) is 9.59. The first-order chi connectivity index (χ1) is 7.07. The van der Waals surface area contributed by atoms with E-state index in [2.05, 4.69) is 9.44 Å². The SMILES string of the molecule is N[C@@H]1CCCC[C@H]1NS(=O)(=O)NC1CC1. The minimum Gasteiger partial charge on any atom is -0.326 e. The van der Waals surface area contributed by atoms with E-state index in [4.69, 9.17) is 5.73 Å². The van der Waals surface area contributed by atoms with Gasteiger partial charge >= 0.3 is 0 Å². The van der Waals surface area contributed by atoms with Crippen LogP contribution in [0.3, 0.4) is 0 Å². The second-order valence-electron chi connectivity index (χ2n) is 4.57. The first kappa shape index (κ1) is 11.3. The lowest BCUT2D eigenvalue weighted by molar-refractivity contribution is 0.359.